The van der Waals surface area contributed by atoms with E-state index in [1.165, 1.54) is 6.08 Å². The minimum absolute atomic E-state index is 0.299. The lowest BCUT2D eigenvalue weighted by molar-refractivity contribution is -0.137. The molecule has 0 aromatic carbocycles. The zero-order chi connectivity index (χ0) is 12.4. The Balaban J connectivity index is 3.60. The Hall–Kier alpha value is 0.00688. The molecule has 2 nitrogen and oxygen atoms in total. The monoisotopic (exact) mass is 282 g/mol. The minimum atomic E-state index is -2.08. The maximum atomic E-state index is 11.0. The molecule has 0 atom stereocenters. The Bertz CT molecular complexity index is 230. The van der Waals surface area contributed by atoms with Crippen LogP contribution >= 0.6 is 22.2 Å². The zero-order valence-corrected chi connectivity index (χ0v) is 12.5. The molecule has 0 aromatic heterocycles. The first-order valence-corrected chi connectivity index (χ1v) is 10.1. The van der Waals surface area contributed by atoms with Crippen molar-refractivity contribution in [2.75, 3.05) is 6.61 Å². The maximum absolute atomic E-state index is 11.0. The van der Waals surface area contributed by atoms with Crippen molar-refractivity contribution in [1.82, 2.24) is 0 Å². The molecule has 94 valence electrons. The molecule has 0 aromatic rings. The zero-order valence-electron chi connectivity index (χ0n) is 9.97. The molecule has 0 unspecified atom stereocenters. The molecular formula is C11H20Cl2O2Si. The third-order valence-electron chi connectivity index (χ3n) is 2.13. The molecule has 0 spiro atoms. The van der Waals surface area contributed by atoms with Crippen LogP contribution in [0.2, 0.25) is 12.1 Å². The highest BCUT2D eigenvalue weighted by Crippen LogP contribution is 2.28. The molecule has 0 rings (SSSR count). The summed E-state index contributed by atoms with van der Waals surface area (Å²) in [5.74, 6) is -0.299. The molecular weight excluding hydrogens is 263 g/mol. The summed E-state index contributed by atoms with van der Waals surface area (Å²) in [6, 6.07) is 1.72. The van der Waals surface area contributed by atoms with Crippen molar-refractivity contribution >= 4 is 34.8 Å². The van der Waals surface area contributed by atoms with Crippen molar-refractivity contribution in [2.45, 2.75) is 45.2 Å². The first-order valence-electron chi connectivity index (χ1n) is 5.69. The SMILES string of the molecule is CC=CC(=O)OCCC[Si](Cl)(Cl)CCCC. The lowest BCUT2D eigenvalue weighted by atomic mass is 10.4. The van der Waals surface area contributed by atoms with E-state index in [4.69, 9.17) is 26.9 Å². The van der Waals surface area contributed by atoms with E-state index in [1.54, 1.807) is 13.0 Å². The Morgan fingerprint density at radius 2 is 1.94 bits per heavy atom. The number of carbonyl (C=O) groups excluding carboxylic acids is 1. The van der Waals surface area contributed by atoms with Gasteiger partial charge in [-0.1, -0.05) is 25.8 Å². The number of ether oxygens (including phenoxy) is 1. The van der Waals surface area contributed by atoms with Gasteiger partial charge in [0.25, 0.3) is 6.69 Å². The van der Waals surface area contributed by atoms with Crippen molar-refractivity contribution < 1.29 is 9.53 Å². The summed E-state index contributed by atoms with van der Waals surface area (Å²) in [4.78, 5) is 11.0. The first-order chi connectivity index (χ1) is 7.52. The topological polar surface area (TPSA) is 26.3 Å². The molecule has 5 heteroatoms. The molecule has 0 fully saturated rings. The highest BCUT2D eigenvalue weighted by Gasteiger charge is 2.26. The molecule has 16 heavy (non-hydrogen) atoms. The molecule has 0 saturated heterocycles. The van der Waals surface area contributed by atoms with Crippen molar-refractivity contribution in [3.05, 3.63) is 12.2 Å². The summed E-state index contributed by atoms with van der Waals surface area (Å²) in [5, 5.41) is 0. The largest absolute Gasteiger partial charge is 0.463 e. The van der Waals surface area contributed by atoms with Gasteiger partial charge in [-0.2, -0.15) is 0 Å². The van der Waals surface area contributed by atoms with Crippen molar-refractivity contribution in [2.24, 2.45) is 0 Å². The molecule has 0 heterocycles. The van der Waals surface area contributed by atoms with Crippen LogP contribution in [-0.2, 0) is 9.53 Å². The van der Waals surface area contributed by atoms with Gasteiger partial charge in [-0.3, -0.25) is 0 Å². The van der Waals surface area contributed by atoms with Crippen LogP contribution in [-0.4, -0.2) is 19.3 Å². The number of allylic oxidation sites excluding steroid dienone is 1. The van der Waals surface area contributed by atoms with E-state index in [1.807, 2.05) is 0 Å². The quantitative estimate of drug-likeness (QED) is 0.219. The van der Waals surface area contributed by atoms with Gasteiger partial charge >= 0.3 is 5.97 Å². The van der Waals surface area contributed by atoms with Crippen molar-refractivity contribution in [1.29, 1.82) is 0 Å². The van der Waals surface area contributed by atoms with Gasteiger partial charge in [-0.05, 0) is 25.4 Å². The van der Waals surface area contributed by atoms with Gasteiger partial charge in [0.1, 0.15) is 0 Å². The standard InChI is InChI=1S/C11H20Cl2O2Si/c1-3-5-9-16(12,13)10-6-8-15-11(14)7-4-2/h4,7H,3,5-6,8-10H2,1-2H3. The van der Waals surface area contributed by atoms with Crippen molar-refractivity contribution in [3.8, 4) is 0 Å². The number of hydrogen-bond acceptors (Lipinski definition) is 2. The number of hydrogen-bond donors (Lipinski definition) is 0. The van der Waals surface area contributed by atoms with E-state index < -0.39 is 6.69 Å². The van der Waals surface area contributed by atoms with Gasteiger partial charge in [-0.25, -0.2) is 4.79 Å². The predicted molar refractivity (Wildman–Crippen MR) is 72.4 cm³/mol. The Morgan fingerprint density at radius 1 is 1.31 bits per heavy atom. The molecule has 0 aliphatic heterocycles. The summed E-state index contributed by atoms with van der Waals surface area (Å²) in [5.41, 5.74) is 0. The van der Waals surface area contributed by atoms with Crippen LogP contribution in [0, 0.1) is 0 Å². The van der Waals surface area contributed by atoms with Crippen molar-refractivity contribution in [3.63, 3.8) is 0 Å². The Kier molecular flexibility index (Phi) is 9.08. The van der Waals surface area contributed by atoms with Gasteiger partial charge in [0.05, 0.1) is 6.61 Å². The summed E-state index contributed by atoms with van der Waals surface area (Å²) < 4.78 is 4.96. The lowest BCUT2D eigenvalue weighted by Gasteiger charge is -2.15. The normalized spacial score (nSPS) is 12.0. The number of rotatable bonds is 8. The highest BCUT2D eigenvalue weighted by molar-refractivity contribution is 7.45. The van der Waals surface area contributed by atoms with Crippen LogP contribution in [0.5, 0.6) is 0 Å². The molecule has 0 saturated carbocycles. The molecule has 0 amide bonds. The van der Waals surface area contributed by atoms with Crippen LogP contribution in [0.3, 0.4) is 0 Å². The second kappa shape index (κ2) is 9.08. The first kappa shape index (κ1) is 16.0. The molecule has 0 bridgehead atoms. The van der Waals surface area contributed by atoms with Gasteiger partial charge in [0.15, 0.2) is 0 Å². The van der Waals surface area contributed by atoms with E-state index in [0.717, 1.165) is 31.4 Å². The van der Waals surface area contributed by atoms with Crippen LogP contribution in [0.25, 0.3) is 0 Å². The molecule has 0 radical (unpaired) electrons. The predicted octanol–water partition coefficient (Wildman–Crippen LogP) is 4.22. The lowest BCUT2D eigenvalue weighted by Crippen LogP contribution is -2.19. The summed E-state index contributed by atoms with van der Waals surface area (Å²) >= 11 is 12.5. The summed E-state index contributed by atoms with van der Waals surface area (Å²) in [7, 11) is 0. The summed E-state index contributed by atoms with van der Waals surface area (Å²) in [6.45, 7) is 2.23. The molecule has 0 aliphatic rings. The van der Waals surface area contributed by atoms with E-state index in [2.05, 4.69) is 6.92 Å². The smallest absolute Gasteiger partial charge is 0.330 e. The average Bonchev–Trinajstić information content (AvgIpc) is 2.22. The maximum Gasteiger partial charge on any atom is 0.330 e. The Morgan fingerprint density at radius 3 is 2.50 bits per heavy atom. The fourth-order valence-electron chi connectivity index (χ4n) is 1.25. The average molecular weight is 283 g/mol. The fraction of sp³-hybridized carbons (Fsp3) is 0.727. The van der Waals surface area contributed by atoms with E-state index >= 15 is 0 Å². The van der Waals surface area contributed by atoms with Crippen LogP contribution in [0.15, 0.2) is 12.2 Å². The van der Waals surface area contributed by atoms with Gasteiger partial charge < -0.3 is 4.74 Å². The van der Waals surface area contributed by atoms with E-state index in [-0.39, 0.29) is 5.97 Å². The van der Waals surface area contributed by atoms with Gasteiger partial charge in [-0.15, -0.1) is 22.2 Å². The minimum Gasteiger partial charge on any atom is -0.463 e. The van der Waals surface area contributed by atoms with Crippen LogP contribution < -0.4 is 0 Å². The Labute approximate surface area is 108 Å². The molecule has 0 aliphatic carbocycles. The third-order valence-corrected chi connectivity index (χ3v) is 6.57. The molecule has 0 N–H and O–H groups in total. The third kappa shape index (κ3) is 9.25. The second-order valence-electron chi connectivity index (χ2n) is 3.73. The number of unbranched alkanes of at least 4 members (excludes halogenated alkanes) is 1. The highest BCUT2D eigenvalue weighted by atomic mass is 35.7. The van der Waals surface area contributed by atoms with Gasteiger partial charge in [0.2, 0.25) is 0 Å². The van der Waals surface area contributed by atoms with E-state index in [9.17, 15) is 4.79 Å². The summed E-state index contributed by atoms with van der Waals surface area (Å²) in [6.07, 6.45) is 6.02. The number of esters is 1. The van der Waals surface area contributed by atoms with Crippen LogP contribution in [0.4, 0.5) is 0 Å². The van der Waals surface area contributed by atoms with Crippen LogP contribution in [0.1, 0.15) is 33.1 Å². The van der Waals surface area contributed by atoms with Gasteiger partial charge in [0, 0.05) is 6.08 Å². The number of halogens is 2. The van der Waals surface area contributed by atoms with E-state index in [0.29, 0.717) is 6.61 Å². The fourth-order valence-corrected chi connectivity index (χ4v) is 4.63. The number of carbonyl (C=O) groups is 1. The second-order valence-corrected chi connectivity index (χ2v) is 11.4.